The van der Waals surface area contributed by atoms with Gasteiger partial charge in [-0.2, -0.15) is 5.10 Å². The normalized spacial score (nSPS) is 11.4. The third-order valence-corrected chi connectivity index (χ3v) is 3.44. The van der Waals surface area contributed by atoms with E-state index in [1.165, 1.54) is 0 Å². The second-order valence-corrected chi connectivity index (χ2v) is 4.58. The van der Waals surface area contributed by atoms with Gasteiger partial charge in [-0.25, -0.2) is 9.67 Å². The van der Waals surface area contributed by atoms with Crippen LogP contribution in [0.4, 0.5) is 0 Å². The number of fused-ring (bicyclic) bond motifs is 2. The van der Waals surface area contributed by atoms with Crippen molar-refractivity contribution in [1.29, 1.82) is 0 Å². The predicted molar refractivity (Wildman–Crippen MR) is 75.7 cm³/mol. The number of aromatic nitrogens is 4. The van der Waals surface area contributed by atoms with E-state index in [0.29, 0.717) is 5.82 Å². The number of hydrogen-bond acceptors (Lipinski definition) is 3. The van der Waals surface area contributed by atoms with E-state index < -0.39 is 0 Å². The largest absolute Gasteiger partial charge is 0.390 e. The quantitative estimate of drug-likeness (QED) is 0.603. The van der Waals surface area contributed by atoms with Gasteiger partial charge in [0.25, 0.3) is 0 Å². The van der Waals surface area contributed by atoms with Gasteiger partial charge in [0, 0.05) is 11.6 Å². The highest BCUT2D eigenvalue weighted by molar-refractivity contribution is 5.80. The SMILES string of the molecule is OCc1c(-n2ncc3ccccc32)nc2ccccn12. The van der Waals surface area contributed by atoms with Gasteiger partial charge in [-0.05, 0) is 18.2 Å². The minimum Gasteiger partial charge on any atom is -0.390 e. The molecule has 0 aliphatic heterocycles. The van der Waals surface area contributed by atoms with E-state index in [2.05, 4.69) is 10.1 Å². The van der Waals surface area contributed by atoms with Crippen LogP contribution in [0.25, 0.3) is 22.4 Å². The number of benzene rings is 1. The van der Waals surface area contributed by atoms with E-state index in [0.717, 1.165) is 22.2 Å². The monoisotopic (exact) mass is 264 g/mol. The number of rotatable bonds is 2. The Bertz CT molecular complexity index is 906. The third-order valence-electron chi connectivity index (χ3n) is 3.44. The van der Waals surface area contributed by atoms with Crippen LogP contribution in [-0.2, 0) is 6.61 Å². The fraction of sp³-hybridized carbons (Fsp3) is 0.0667. The second kappa shape index (κ2) is 4.18. The molecular weight excluding hydrogens is 252 g/mol. The number of pyridine rings is 1. The summed E-state index contributed by atoms with van der Waals surface area (Å²) in [6.07, 6.45) is 3.70. The number of nitrogens with zero attached hydrogens (tertiary/aromatic N) is 4. The van der Waals surface area contributed by atoms with Crippen molar-refractivity contribution < 1.29 is 5.11 Å². The van der Waals surface area contributed by atoms with Crippen molar-refractivity contribution in [2.75, 3.05) is 0 Å². The fourth-order valence-electron chi connectivity index (χ4n) is 2.49. The average molecular weight is 264 g/mol. The lowest BCUT2D eigenvalue weighted by Gasteiger charge is -2.02. The lowest BCUT2D eigenvalue weighted by molar-refractivity contribution is 0.275. The van der Waals surface area contributed by atoms with Crippen molar-refractivity contribution in [2.45, 2.75) is 6.61 Å². The minimum absolute atomic E-state index is 0.0886. The molecule has 0 atom stereocenters. The zero-order chi connectivity index (χ0) is 13.5. The van der Waals surface area contributed by atoms with E-state index in [4.69, 9.17) is 0 Å². The highest BCUT2D eigenvalue weighted by Gasteiger charge is 2.15. The summed E-state index contributed by atoms with van der Waals surface area (Å²) in [5.41, 5.74) is 2.51. The predicted octanol–water partition coefficient (Wildman–Crippen LogP) is 2.17. The molecule has 0 radical (unpaired) electrons. The summed E-state index contributed by atoms with van der Waals surface area (Å²) in [4.78, 5) is 4.58. The number of hydrogen-bond donors (Lipinski definition) is 1. The van der Waals surface area contributed by atoms with Crippen LogP contribution >= 0.6 is 0 Å². The number of aliphatic hydroxyl groups excluding tert-OH is 1. The van der Waals surface area contributed by atoms with Crippen LogP contribution in [0.5, 0.6) is 0 Å². The highest BCUT2D eigenvalue weighted by Crippen LogP contribution is 2.21. The molecular formula is C15H12N4O. The molecule has 0 saturated heterocycles. The molecule has 4 aromatic rings. The Balaban J connectivity index is 2.07. The average Bonchev–Trinajstić information content (AvgIpc) is 3.07. The van der Waals surface area contributed by atoms with E-state index in [-0.39, 0.29) is 6.61 Å². The Morgan fingerprint density at radius 2 is 1.90 bits per heavy atom. The van der Waals surface area contributed by atoms with E-state index in [9.17, 15) is 5.11 Å². The van der Waals surface area contributed by atoms with Gasteiger partial charge in [0.05, 0.1) is 24.0 Å². The maximum atomic E-state index is 9.67. The Labute approximate surface area is 114 Å². The van der Waals surface area contributed by atoms with Gasteiger partial charge in [0.2, 0.25) is 0 Å². The van der Waals surface area contributed by atoms with Crippen molar-refractivity contribution in [3.8, 4) is 5.82 Å². The number of aliphatic hydroxyl groups is 1. The molecule has 0 bridgehead atoms. The lowest BCUT2D eigenvalue weighted by Crippen LogP contribution is -2.02. The molecule has 0 amide bonds. The molecule has 4 rings (SSSR count). The molecule has 1 N–H and O–H groups in total. The molecule has 3 heterocycles. The van der Waals surface area contributed by atoms with Crippen LogP contribution in [0.2, 0.25) is 0 Å². The molecule has 0 saturated carbocycles. The summed E-state index contributed by atoms with van der Waals surface area (Å²) in [6, 6.07) is 13.7. The molecule has 0 spiro atoms. The Morgan fingerprint density at radius 3 is 2.80 bits per heavy atom. The van der Waals surface area contributed by atoms with Gasteiger partial charge >= 0.3 is 0 Å². The molecule has 0 unspecified atom stereocenters. The number of para-hydroxylation sites is 1. The smallest absolute Gasteiger partial charge is 0.178 e. The van der Waals surface area contributed by atoms with Crippen molar-refractivity contribution >= 4 is 16.6 Å². The molecule has 5 heteroatoms. The summed E-state index contributed by atoms with van der Waals surface area (Å²) >= 11 is 0. The zero-order valence-electron chi connectivity index (χ0n) is 10.6. The van der Waals surface area contributed by atoms with Crippen LogP contribution in [0.1, 0.15) is 5.69 Å². The zero-order valence-corrected chi connectivity index (χ0v) is 10.6. The Kier molecular flexibility index (Phi) is 2.34. The van der Waals surface area contributed by atoms with Gasteiger partial charge in [-0.1, -0.05) is 24.3 Å². The van der Waals surface area contributed by atoms with Crippen LogP contribution in [0, 0.1) is 0 Å². The van der Waals surface area contributed by atoms with Crippen LogP contribution in [0.3, 0.4) is 0 Å². The summed E-state index contributed by atoms with van der Waals surface area (Å²) < 4.78 is 3.65. The molecule has 0 aliphatic rings. The van der Waals surface area contributed by atoms with Crippen LogP contribution in [0.15, 0.2) is 54.9 Å². The van der Waals surface area contributed by atoms with Crippen LogP contribution in [-0.4, -0.2) is 24.3 Å². The van der Waals surface area contributed by atoms with Gasteiger partial charge in [0.1, 0.15) is 5.65 Å². The first-order valence-electron chi connectivity index (χ1n) is 6.38. The summed E-state index contributed by atoms with van der Waals surface area (Å²) in [5, 5.41) is 15.1. The van der Waals surface area contributed by atoms with E-state index in [1.807, 2.05) is 53.1 Å². The topological polar surface area (TPSA) is 55.3 Å². The summed E-state index contributed by atoms with van der Waals surface area (Å²) in [5.74, 6) is 0.667. The van der Waals surface area contributed by atoms with Crippen molar-refractivity contribution in [3.63, 3.8) is 0 Å². The summed E-state index contributed by atoms with van der Waals surface area (Å²) in [7, 11) is 0. The lowest BCUT2D eigenvalue weighted by atomic mass is 10.2. The van der Waals surface area contributed by atoms with Crippen molar-refractivity contribution in [2.24, 2.45) is 0 Å². The second-order valence-electron chi connectivity index (χ2n) is 4.58. The Morgan fingerprint density at radius 1 is 1.05 bits per heavy atom. The first-order valence-corrected chi connectivity index (χ1v) is 6.38. The maximum absolute atomic E-state index is 9.67. The van der Waals surface area contributed by atoms with Crippen molar-refractivity contribution in [1.82, 2.24) is 19.2 Å². The standard InChI is InChI=1S/C15H12N4O/c20-10-13-15(17-14-7-3-4-8-18(13)14)19-12-6-2-1-5-11(12)9-16-19/h1-9,20H,10H2. The molecule has 5 nitrogen and oxygen atoms in total. The first-order chi connectivity index (χ1) is 9.88. The summed E-state index contributed by atoms with van der Waals surface area (Å²) in [6.45, 7) is -0.0886. The molecule has 0 fully saturated rings. The third kappa shape index (κ3) is 1.47. The molecule has 1 aromatic carbocycles. The highest BCUT2D eigenvalue weighted by atomic mass is 16.3. The number of imidazole rings is 1. The van der Waals surface area contributed by atoms with E-state index >= 15 is 0 Å². The Hall–Kier alpha value is -2.66. The molecule has 98 valence electrons. The van der Waals surface area contributed by atoms with Gasteiger partial charge in [-0.3, -0.25) is 4.40 Å². The van der Waals surface area contributed by atoms with Gasteiger partial charge in [0.15, 0.2) is 5.82 Å². The fourth-order valence-corrected chi connectivity index (χ4v) is 2.49. The minimum atomic E-state index is -0.0886. The van der Waals surface area contributed by atoms with Gasteiger partial charge < -0.3 is 5.11 Å². The van der Waals surface area contributed by atoms with Gasteiger partial charge in [-0.15, -0.1) is 0 Å². The van der Waals surface area contributed by atoms with Crippen LogP contribution < -0.4 is 0 Å². The maximum Gasteiger partial charge on any atom is 0.178 e. The molecule has 3 aromatic heterocycles. The first kappa shape index (κ1) is 11.2. The molecule has 20 heavy (non-hydrogen) atoms. The molecule has 0 aliphatic carbocycles. The van der Waals surface area contributed by atoms with Crippen molar-refractivity contribution in [3.05, 3.63) is 60.6 Å². The van der Waals surface area contributed by atoms with E-state index in [1.54, 1.807) is 10.9 Å².